The first-order valence-corrected chi connectivity index (χ1v) is 26.3. The second kappa shape index (κ2) is 21.6. The quantitative estimate of drug-likeness (QED) is 0.0177. The molecule has 0 unspecified atom stereocenters. The Morgan fingerprint density at radius 2 is 1.48 bits per heavy atom. The van der Waals surface area contributed by atoms with Crippen LogP contribution in [0.2, 0.25) is 36.3 Å². The molecule has 14 nitrogen and oxygen atoms in total. The summed E-state index contributed by atoms with van der Waals surface area (Å²) < 4.78 is 25.0. The van der Waals surface area contributed by atoms with Crippen molar-refractivity contribution < 1.29 is 47.5 Å². The van der Waals surface area contributed by atoms with Gasteiger partial charge in [0.25, 0.3) is 11.8 Å². The Labute approximate surface area is 348 Å². The van der Waals surface area contributed by atoms with E-state index >= 15 is 0 Å². The molecule has 0 bridgehead atoms. The highest BCUT2D eigenvalue weighted by Crippen LogP contribution is 2.39. The molecule has 0 fully saturated rings. The summed E-state index contributed by atoms with van der Waals surface area (Å²) in [6.45, 7) is 26.7. The summed E-state index contributed by atoms with van der Waals surface area (Å²) in [6.07, 6.45) is 3.71. The lowest BCUT2D eigenvalue weighted by Crippen LogP contribution is -2.61. The Bertz CT molecular complexity index is 1620. The van der Waals surface area contributed by atoms with Gasteiger partial charge in [-0.1, -0.05) is 74.7 Å². The minimum atomic E-state index is -2.31. The molecule has 2 aromatic rings. The maximum Gasteiger partial charge on any atom is 0.288 e. The van der Waals surface area contributed by atoms with Crippen LogP contribution in [0, 0.1) is 5.92 Å². The van der Waals surface area contributed by atoms with Gasteiger partial charge in [0.15, 0.2) is 22.4 Å². The third kappa shape index (κ3) is 14.0. The van der Waals surface area contributed by atoms with Gasteiger partial charge in [0.2, 0.25) is 12.3 Å². The second-order valence-corrected chi connectivity index (χ2v) is 27.7. The van der Waals surface area contributed by atoms with Crippen LogP contribution in [0.25, 0.3) is 11.3 Å². The van der Waals surface area contributed by atoms with Crippen LogP contribution in [0.3, 0.4) is 0 Å². The van der Waals surface area contributed by atoms with Gasteiger partial charge in [-0.2, -0.15) is 0 Å². The van der Waals surface area contributed by atoms with E-state index in [0.29, 0.717) is 48.0 Å². The molecule has 0 radical (unpaired) electrons. The Morgan fingerprint density at radius 3 is 1.98 bits per heavy atom. The molecule has 58 heavy (non-hydrogen) atoms. The first-order valence-electron chi connectivity index (χ1n) is 20.5. The monoisotopic (exact) mass is 848 g/mol. The van der Waals surface area contributed by atoms with E-state index in [2.05, 4.69) is 83.7 Å². The molecule has 1 heterocycles. The van der Waals surface area contributed by atoms with Gasteiger partial charge in [0.05, 0.1) is 45.1 Å². The Hall–Kier alpha value is -3.55. The van der Waals surface area contributed by atoms with Gasteiger partial charge in [-0.25, -0.2) is 5.06 Å². The van der Waals surface area contributed by atoms with Crippen LogP contribution in [-0.4, -0.2) is 101 Å². The topological polar surface area (TPSA) is 189 Å². The molecule has 0 spiro atoms. The van der Waals surface area contributed by atoms with Crippen LogP contribution in [0.4, 0.5) is 0 Å². The number of nitrogens with one attached hydrogen (secondary N) is 3. The smallest absolute Gasteiger partial charge is 0.288 e. The van der Waals surface area contributed by atoms with E-state index < -0.39 is 58.5 Å². The maximum absolute atomic E-state index is 14.2. The summed E-state index contributed by atoms with van der Waals surface area (Å²) in [5, 5.41) is 29.8. The van der Waals surface area contributed by atoms with E-state index in [0.717, 1.165) is 19.3 Å². The molecule has 328 valence electrons. The number of hydrogen-bond donors (Lipinski definition) is 5. The number of carbonyl (C=O) groups is 4. The minimum Gasteiger partial charge on any atom is -0.494 e. The number of unbranched alkanes of at least 4 members (excludes halogenated alkanes) is 2. The van der Waals surface area contributed by atoms with Crippen LogP contribution in [0.15, 0.2) is 34.7 Å². The standard InChI is InChI=1S/C42H72N4O10Si2/c1-14-17-18-19-33(34(15-2)46(52)29-48)38(50)43-28-44-39(51)36-21-20-35(56-36)30-22-31(24-32(23-30)53-16-3)37(49)45-42(25-47,26-54-57(10,11)40(4,5)6)27-55-58(12,13)41(7,8)9/h20-24,29,33-34,47,52H,14-19,25-28H2,1-13H3,(H,43,50)(H,44,51)(H,45,49)/t33-,34-/m1/s1. The molecular weight excluding hydrogens is 777 g/mol. The largest absolute Gasteiger partial charge is 0.494 e. The van der Waals surface area contributed by atoms with Crippen molar-refractivity contribution in [1.82, 2.24) is 21.0 Å². The van der Waals surface area contributed by atoms with E-state index in [-0.39, 0.29) is 41.3 Å². The SMILES string of the molecule is CCCCC[C@@H](C(=O)NCNC(=O)c1ccc(-c2cc(OCC)cc(C(=O)NC(CO)(CO[Si](C)(C)C(C)(C)C)CO[Si](C)(C)C(C)(C)C)c2)o1)[C@@H](CC)N(O)C=O. The number of ether oxygens (including phenoxy) is 1. The first-order chi connectivity index (χ1) is 26.9. The van der Waals surface area contributed by atoms with Crippen LogP contribution in [0.5, 0.6) is 5.75 Å². The number of rotatable bonds is 24. The van der Waals surface area contributed by atoms with Crippen LogP contribution in [0.1, 0.15) is 115 Å². The lowest BCUT2D eigenvalue weighted by molar-refractivity contribution is -0.168. The van der Waals surface area contributed by atoms with Crippen molar-refractivity contribution in [1.29, 1.82) is 0 Å². The molecule has 2 rings (SSSR count). The van der Waals surface area contributed by atoms with Crippen molar-refractivity contribution in [3.05, 3.63) is 41.7 Å². The van der Waals surface area contributed by atoms with E-state index in [4.69, 9.17) is 18.0 Å². The summed E-state index contributed by atoms with van der Waals surface area (Å²) in [5.41, 5.74) is -0.551. The number of furan rings is 1. The number of aliphatic hydroxyl groups is 1. The Balaban J connectivity index is 2.36. The predicted molar refractivity (Wildman–Crippen MR) is 231 cm³/mol. The van der Waals surface area contributed by atoms with Gasteiger partial charge in [-0.15, -0.1) is 0 Å². The highest BCUT2D eigenvalue weighted by atomic mass is 28.4. The fourth-order valence-electron chi connectivity index (χ4n) is 5.64. The minimum absolute atomic E-state index is 0.0321. The number of amides is 4. The zero-order valence-electron chi connectivity index (χ0n) is 37.3. The molecule has 0 aliphatic heterocycles. The third-order valence-corrected chi connectivity index (χ3v) is 20.6. The molecule has 4 amide bonds. The second-order valence-electron chi connectivity index (χ2n) is 18.1. The van der Waals surface area contributed by atoms with E-state index in [1.807, 2.05) is 13.8 Å². The van der Waals surface area contributed by atoms with Gasteiger partial charge in [-0.3, -0.25) is 24.4 Å². The number of aliphatic hydroxyl groups excluding tert-OH is 1. The first kappa shape index (κ1) is 50.6. The summed E-state index contributed by atoms with van der Waals surface area (Å²) in [6, 6.07) is 7.31. The normalized spacial score (nSPS) is 13.7. The summed E-state index contributed by atoms with van der Waals surface area (Å²) in [4.78, 5) is 51.8. The number of nitrogens with zero attached hydrogens (tertiary/aromatic N) is 1. The van der Waals surface area contributed by atoms with Gasteiger partial charge < -0.3 is 39.1 Å². The van der Waals surface area contributed by atoms with Crippen LogP contribution >= 0.6 is 0 Å². The van der Waals surface area contributed by atoms with Gasteiger partial charge in [-0.05, 0) is 86.4 Å². The lowest BCUT2D eigenvalue weighted by atomic mass is 9.90. The molecule has 0 saturated heterocycles. The zero-order chi connectivity index (χ0) is 44.1. The zero-order valence-corrected chi connectivity index (χ0v) is 39.3. The summed E-state index contributed by atoms with van der Waals surface area (Å²) in [5.74, 6) is -1.48. The maximum atomic E-state index is 14.2. The molecule has 1 aromatic carbocycles. The Kier molecular flexibility index (Phi) is 18.9. The molecule has 0 aliphatic rings. The van der Waals surface area contributed by atoms with Crippen molar-refractivity contribution in [2.45, 2.75) is 142 Å². The van der Waals surface area contributed by atoms with Crippen molar-refractivity contribution in [3.8, 4) is 17.1 Å². The highest BCUT2D eigenvalue weighted by Gasteiger charge is 2.44. The van der Waals surface area contributed by atoms with Gasteiger partial charge in [0, 0.05) is 11.1 Å². The van der Waals surface area contributed by atoms with Gasteiger partial charge in [0.1, 0.15) is 17.0 Å². The van der Waals surface area contributed by atoms with E-state index in [9.17, 15) is 29.5 Å². The van der Waals surface area contributed by atoms with Crippen LogP contribution in [-0.2, 0) is 18.4 Å². The average molecular weight is 849 g/mol. The number of hydrogen-bond acceptors (Lipinski definition) is 10. The number of hydroxylamine groups is 2. The van der Waals surface area contributed by atoms with Crippen molar-refractivity contribution >= 4 is 40.8 Å². The lowest BCUT2D eigenvalue weighted by Gasteiger charge is -2.43. The van der Waals surface area contributed by atoms with Crippen molar-refractivity contribution in [3.63, 3.8) is 0 Å². The molecule has 0 aliphatic carbocycles. The molecule has 16 heteroatoms. The third-order valence-electron chi connectivity index (χ3n) is 11.6. The van der Waals surface area contributed by atoms with E-state index in [1.54, 1.807) is 31.2 Å². The summed E-state index contributed by atoms with van der Waals surface area (Å²) >= 11 is 0. The van der Waals surface area contributed by atoms with Crippen LogP contribution < -0.4 is 20.7 Å². The fraction of sp³-hybridized carbons (Fsp3) is 0.667. The van der Waals surface area contributed by atoms with Crippen molar-refractivity contribution in [2.24, 2.45) is 5.92 Å². The molecule has 1 aromatic heterocycles. The highest BCUT2D eigenvalue weighted by molar-refractivity contribution is 6.74. The van der Waals surface area contributed by atoms with Crippen molar-refractivity contribution in [2.75, 3.05) is 33.1 Å². The molecule has 2 atom stereocenters. The summed E-state index contributed by atoms with van der Waals surface area (Å²) in [7, 11) is -4.61. The average Bonchev–Trinajstić information content (AvgIpc) is 3.65. The Morgan fingerprint density at radius 1 is 0.879 bits per heavy atom. The predicted octanol–water partition coefficient (Wildman–Crippen LogP) is 7.48. The number of benzene rings is 1. The molecule has 5 N–H and O–H groups in total. The number of carbonyl (C=O) groups excluding carboxylic acids is 4. The van der Waals surface area contributed by atoms with Gasteiger partial charge >= 0.3 is 0 Å². The molecule has 0 saturated carbocycles. The fourth-order valence-corrected chi connectivity index (χ4v) is 7.78. The van der Waals surface area contributed by atoms with E-state index in [1.165, 1.54) is 6.07 Å². The molecular formula is C42H72N4O10Si2.